The van der Waals surface area contributed by atoms with Gasteiger partial charge in [0.1, 0.15) is 0 Å². The molecule has 0 unspecified atom stereocenters. The van der Waals surface area contributed by atoms with Crippen molar-refractivity contribution in [2.75, 3.05) is 19.0 Å². The van der Waals surface area contributed by atoms with E-state index in [0.29, 0.717) is 0 Å². The average molecular weight is 205 g/mol. The van der Waals surface area contributed by atoms with Gasteiger partial charge < -0.3 is 4.90 Å². The summed E-state index contributed by atoms with van der Waals surface area (Å²) in [6.45, 7) is 6.74. The van der Waals surface area contributed by atoms with Crippen LogP contribution in [0.25, 0.3) is 0 Å². The number of hydrogen-bond donors (Lipinski definition) is 0. The van der Waals surface area contributed by atoms with Crippen molar-refractivity contribution >= 4 is 5.69 Å². The SMILES string of the molecule is CCc1cc(N(C)C)cc(CC)c1CC. The van der Waals surface area contributed by atoms with Gasteiger partial charge in [0.15, 0.2) is 0 Å². The molecule has 15 heavy (non-hydrogen) atoms. The van der Waals surface area contributed by atoms with Gasteiger partial charge in [-0.05, 0) is 48.1 Å². The molecule has 0 N–H and O–H groups in total. The summed E-state index contributed by atoms with van der Waals surface area (Å²) in [6.07, 6.45) is 3.43. The van der Waals surface area contributed by atoms with Gasteiger partial charge >= 0.3 is 0 Å². The van der Waals surface area contributed by atoms with Crippen LogP contribution in [0.4, 0.5) is 5.69 Å². The van der Waals surface area contributed by atoms with Crippen molar-refractivity contribution < 1.29 is 0 Å². The first kappa shape index (κ1) is 12.1. The summed E-state index contributed by atoms with van der Waals surface area (Å²) in [5.74, 6) is 0. The first-order valence-electron chi connectivity index (χ1n) is 5.95. The first-order chi connectivity index (χ1) is 7.13. The van der Waals surface area contributed by atoms with Gasteiger partial charge in [-0.2, -0.15) is 0 Å². The van der Waals surface area contributed by atoms with E-state index in [1.54, 1.807) is 5.56 Å². The van der Waals surface area contributed by atoms with E-state index < -0.39 is 0 Å². The summed E-state index contributed by atoms with van der Waals surface area (Å²) < 4.78 is 0. The zero-order chi connectivity index (χ0) is 11.4. The maximum absolute atomic E-state index is 2.33. The Balaban J connectivity index is 3.29. The summed E-state index contributed by atoms with van der Waals surface area (Å²) >= 11 is 0. The molecule has 0 saturated carbocycles. The van der Waals surface area contributed by atoms with Crippen LogP contribution in [0.2, 0.25) is 0 Å². The molecule has 1 heteroatoms. The molecule has 0 spiro atoms. The van der Waals surface area contributed by atoms with Crippen LogP contribution < -0.4 is 4.90 Å². The summed E-state index contributed by atoms with van der Waals surface area (Å²) in [4.78, 5) is 2.19. The lowest BCUT2D eigenvalue weighted by Crippen LogP contribution is -2.11. The van der Waals surface area contributed by atoms with Crippen LogP contribution in [0, 0.1) is 0 Å². The monoisotopic (exact) mass is 205 g/mol. The number of anilines is 1. The van der Waals surface area contributed by atoms with Gasteiger partial charge in [0.25, 0.3) is 0 Å². The van der Waals surface area contributed by atoms with E-state index in [2.05, 4.69) is 51.9 Å². The highest BCUT2D eigenvalue weighted by Gasteiger charge is 2.07. The second kappa shape index (κ2) is 5.20. The van der Waals surface area contributed by atoms with Crippen LogP contribution in [0.15, 0.2) is 12.1 Å². The molecular weight excluding hydrogens is 182 g/mol. The normalized spacial score (nSPS) is 10.5. The van der Waals surface area contributed by atoms with Gasteiger partial charge in [-0.15, -0.1) is 0 Å². The van der Waals surface area contributed by atoms with Crippen molar-refractivity contribution in [2.24, 2.45) is 0 Å². The molecule has 1 aromatic carbocycles. The third-order valence-corrected chi connectivity index (χ3v) is 3.05. The van der Waals surface area contributed by atoms with E-state index >= 15 is 0 Å². The third-order valence-electron chi connectivity index (χ3n) is 3.05. The van der Waals surface area contributed by atoms with Crippen LogP contribution in [-0.4, -0.2) is 14.1 Å². The largest absolute Gasteiger partial charge is 0.378 e. The molecule has 0 atom stereocenters. The average Bonchev–Trinajstić information content (AvgIpc) is 2.26. The molecule has 1 aromatic rings. The second-order valence-electron chi connectivity index (χ2n) is 4.20. The Morgan fingerprint density at radius 1 is 0.867 bits per heavy atom. The van der Waals surface area contributed by atoms with Crippen LogP contribution in [0.5, 0.6) is 0 Å². The quantitative estimate of drug-likeness (QED) is 0.728. The molecule has 0 heterocycles. The highest BCUT2D eigenvalue weighted by molar-refractivity contribution is 5.54. The number of rotatable bonds is 4. The molecular formula is C14H23N. The van der Waals surface area contributed by atoms with Crippen molar-refractivity contribution in [3.63, 3.8) is 0 Å². The molecule has 1 rings (SSSR count). The molecule has 0 amide bonds. The minimum absolute atomic E-state index is 1.14. The molecule has 0 aliphatic heterocycles. The van der Waals surface area contributed by atoms with Crippen molar-refractivity contribution in [1.82, 2.24) is 0 Å². The first-order valence-corrected chi connectivity index (χ1v) is 5.95. The molecule has 0 saturated heterocycles. The summed E-state index contributed by atoms with van der Waals surface area (Å²) in [5.41, 5.74) is 5.92. The Labute approximate surface area is 94.1 Å². The number of benzene rings is 1. The molecule has 1 nitrogen and oxygen atoms in total. The molecule has 0 aromatic heterocycles. The van der Waals surface area contributed by atoms with Gasteiger partial charge in [0, 0.05) is 19.8 Å². The lowest BCUT2D eigenvalue weighted by atomic mass is 9.94. The lowest BCUT2D eigenvalue weighted by Gasteiger charge is -2.19. The topological polar surface area (TPSA) is 3.24 Å². The van der Waals surface area contributed by atoms with Crippen LogP contribution in [-0.2, 0) is 19.3 Å². The van der Waals surface area contributed by atoms with Gasteiger partial charge in [-0.3, -0.25) is 0 Å². The van der Waals surface area contributed by atoms with Crippen LogP contribution >= 0.6 is 0 Å². The minimum atomic E-state index is 1.14. The van der Waals surface area contributed by atoms with E-state index in [0.717, 1.165) is 19.3 Å². The smallest absolute Gasteiger partial charge is 0.0366 e. The fourth-order valence-electron chi connectivity index (χ4n) is 2.12. The fraction of sp³-hybridized carbons (Fsp3) is 0.571. The standard InChI is InChI=1S/C14H23N/c1-6-11-9-13(15(4)5)10-12(7-2)14(11)8-3/h9-10H,6-8H2,1-5H3. The minimum Gasteiger partial charge on any atom is -0.378 e. The molecule has 0 radical (unpaired) electrons. The Hall–Kier alpha value is -0.980. The lowest BCUT2D eigenvalue weighted by molar-refractivity contribution is 0.972. The maximum Gasteiger partial charge on any atom is 0.0366 e. The van der Waals surface area contributed by atoms with Gasteiger partial charge in [0.05, 0.1) is 0 Å². The van der Waals surface area contributed by atoms with E-state index in [4.69, 9.17) is 0 Å². The Kier molecular flexibility index (Phi) is 4.19. The van der Waals surface area contributed by atoms with Gasteiger partial charge in [0.2, 0.25) is 0 Å². The zero-order valence-electron chi connectivity index (χ0n) is 10.7. The van der Waals surface area contributed by atoms with Crippen LogP contribution in [0.3, 0.4) is 0 Å². The predicted octanol–water partition coefficient (Wildman–Crippen LogP) is 3.44. The zero-order valence-corrected chi connectivity index (χ0v) is 10.7. The number of nitrogens with zero attached hydrogens (tertiary/aromatic N) is 1. The van der Waals surface area contributed by atoms with Crippen molar-refractivity contribution in [2.45, 2.75) is 40.0 Å². The summed E-state index contributed by atoms with van der Waals surface area (Å²) in [5, 5.41) is 0. The number of aryl methyl sites for hydroxylation is 2. The molecule has 0 fully saturated rings. The van der Waals surface area contributed by atoms with Gasteiger partial charge in [-0.25, -0.2) is 0 Å². The third kappa shape index (κ3) is 2.53. The Morgan fingerprint density at radius 2 is 1.33 bits per heavy atom. The fourth-order valence-corrected chi connectivity index (χ4v) is 2.12. The number of hydrogen-bond acceptors (Lipinski definition) is 1. The van der Waals surface area contributed by atoms with E-state index in [9.17, 15) is 0 Å². The molecule has 0 aliphatic rings. The second-order valence-corrected chi connectivity index (χ2v) is 4.20. The Bertz CT molecular complexity index is 301. The van der Waals surface area contributed by atoms with Crippen molar-refractivity contribution in [3.8, 4) is 0 Å². The van der Waals surface area contributed by atoms with Gasteiger partial charge in [-0.1, -0.05) is 20.8 Å². The molecule has 0 aliphatic carbocycles. The molecule has 84 valence electrons. The summed E-state index contributed by atoms with van der Waals surface area (Å²) in [7, 11) is 4.22. The van der Waals surface area contributed by atoms with E-state index in [1.165, 1.54) is 16.8 Å². The molecule has 0 bridgehead atoms. The summed E-state index contributed by atoms with van der Waals surface area (Å²) in [6, 6.07) is 4.66. The highest BCUT2D eigenvalue weighted by atomic mass is 15.1. The highest BCUT2D eigenvalue weighted by Crippen LogP contribution is 2.24. The predicted molar refractivity (Wildman–Crippen MR) is 68.9 cm³/mol. The van der Waals surface area contributed by atoms with Crippen molar-refractivity contribution in [3.05, 3.63) is 28.8 Å². The van der Waals surface area contributed by atoms with E-state index in [-0.39, 0.29) is 0 Å². The van der Waals surface area contributed by atoms with E-state index in [1.807, 2.05) is 0 Å². The maximum atomic E-state index is 2.33. The van der Waals surface area contributed by atoms with Crippen LogP contribution in [0.1, 0.15) is 37.5 Å². The Morgan fingerprint density at radius 3 is 1.60 bits per heavy atom. The van der Waals surface area contributed by atoms with Crippen molar-refractivity contribution in [1.29, 1.82) is 0 Å².